The van der Waals surface area contributed by atoms with Crippen LogP contribution in [0.15, 0.2) is 78.9 Å². The zero-order chi connectivity index (χ0) is 23.5. The molecule has 0 spiro atoms. The molecule has 4 aromatic rings. The van der Waals surface area contributed by atoms with Crippen LogP contribution in [0.1, 0.15) is 47.2 Å². The number of benzene rings is 3. The number of nitrogens with zero attached hydrogens (tertiary/aromatic N) is 3. The lowest BCUT2D eigenvalue weighted by atomic mass is 9.93. The Kier molecular flexibility index (Phi) is 6.17. The predicted octanol–water partition coefficient (Wildman–Crippen LogP) is 6.66. The normalized spacial score (nSPS) is 13.5. The number of hydrogen-bond acceptors (Lipinski definition) is 4. The van der Waals surface area contributed by atoms with Crippen molar-refractivity contribution in [1.29, 1.82) is 0 Å². The molecular weight excluding hydrogens is 422 g/mol. The van der Waals surface area contributed by atoms with E-state index in [0.717, 1.165) is 34.7 Å². The van der Waals surface area contributed by atoms with Crippen LogP contribution in [0.5, 0.6) is 0 Å². The third kappa shape index (κ3) is 4.34. The van der Waals surface area contributed by atoms with Gasteiger partial charge in [0.1, 0.15) is 0 Å². The van der Waals surface area contributed by atoms with Gasteiger partial charge in [-0.3, -0.25) is 0 Å². The van der Waals surface area contributed by atoms with Crippen LogP contribution in [0.4, 0.5) is 11.6 Å². The van der Waals surface area contributed by atoms with E-state index >= 15 is 0 Å². The predicted molar refractivity (Wildman–Crippen MR) is 137 cm³/mol. The van der Waals surface area contributed by atoms with Crippen LogP contribution in [-0.2, 0) is 18.3 Å². The maximum absolute atomic E-state index is 11.8. The smallest absolute Gasteiger partial charge is 0.337 e. The highest BCUT2D eigenvalue weighted by atomic mass is 16.5. The van der Waals surface area contributed by atoms with E-state index in [1.165, 1.54) is 37.5 Å². The van der Waals surface area contributed by atoms with Crippen molar-refractivity contribution >= 4 is 34.2 Å². The van der Waals surface area contributed by atoms with Gasteiger partial charge in [-0.1, -0.05) is 42.5 Å². The number of aromatic nitrogens is 2. The highest BCUT2D eigenvalue weighted by Gasteiger charge is 2.18. The standard InChI is InChI=1S/C29H29N3O2/c1-31-27-11-7-6-10-26(27)30-29(31)32(20-21-12-14-24(15-13-21)28(33)34-2)25-18-16-23(17-19-25)22-8-4-3-5-9-22/h6-8,10-19H,3-5,9,20H2,1-2H3. The maximum atomic E-state index is 11.8. The third-order valence-corrected chi connectivity index (χ3v) is 6.56. The van der Waals surface area contributed by atoms with Gasteiger partial charge in [-0.05, 0) is 78.8 Å². The van der Waals surface area contributed by atoms with Gasteiger partial charge in [-0.25, -0.2) is 9.78 Å². The van der Waals surface area contributed by atoms with Crippen LogP contribution in [0.2, 0.25) is 0 Å². The molecule has 3 aromatic carbocycles. The molecule has 5 heteroatoms. The number of carbonyl (C=O) groups excluding carboxylic acids is 1. The van der Waals surface area contributed by atoms with Gasteiger partial charge < -0.3 is 14.2 Å². The van der Waals surface area contributed by atoms with E-state index in [2.05, 4.69) is 52.9 Å². The number of imidazole rings is 1. The molecule has 5 rings (SSSR count). The van der Waals surface area contributed by atoms with Gasteiger partial charge in [-0.2, -0.15) is 0 Å². The van der Waals surface area contributed by atoms with Gasteiger partial charge in [0.05, 0.1) is 30.3 Å². The second-order valence-corrected chi connectivity index (χ2v) is 8.76. The first-order chi connectivity index (χ1) is 16.6. The van der Waals surface area contributed by atoms with Gasteiger partial charge in [0.15, 0.2) is 0 Å². The average Bonchev–Trinajstić information content (AvgIpc) is 3.24. The van der Waals surface area contributed by atoms with Crippen molar-refractivity contribution in [2.45, 2.75) is 32.2 Å². The Hall–Kier alpha value is -3.86. The molecule has 1 aromatic heterocycles. The van der Waals surface area contributed by atoms with E-state index in [1.54, 1.807) is 0 Å². The number of esters is 1. The van der Waals surface area contributed by atoms with Crippen LogP contribution in [0, 0.1) is 0 Å². The van der Waals surface area contributed by atoms with Crippen molar-refractivity contribution in [2.75, 3.05) is 12.0 Å². The number of aryl methyl sites for hydroxylation is 1. The molecule has 1 aliphatic rings. The summed E-state index contributed by atoms with van der Waals surface area (Å²) in [6.07, 6.45) is 7.26. The minimum Gasteiger partial charge on any atom is -0.465 e. The van der Waals surface area contributed by atoms with E-state index in [4.69, 9.17) is 9.72 Å². The van der Waals surface area contributed by atoms with Crippen LogP contribution in [-0.4, -0.2) is 22.6 Å². The molecule has 0 aliphatic heterocycles. The molecule has 0 bridgehead atoms. The molecular formula is C29H29N3O2. The summed E-state index contributed by atoms with van der Waals surface area (Å²) in [6, 6.07) is 24.6. The first-order valence-electron chi connectivity index (χ1n) is 11.8. The molecule has 1 aliphatic carbocycles. The number of rotatable bonds is 6. The van der Waals surface area contributed by atoms with Gasteiger partial charge in [0, 0.05) is 12.7 Å². The zero-order valence-electron chi connectivity index (χ0n) is 19.7. The first kappa shape index (κ1) is 22.0. The summed E-state index contributed by atoms with van der Waals surface area (Å²) >= 11 is 0. The Morgan fingerprint density at radius 2 is 1.76 bits per heavy atom. The van der Waals surface area contributed by atoms with Crippen molar-refractivity contribution in [3.8, 4) is 0 Å². The van der Waals surface area contributed by atoms with Crippen molar-refractivity contribution < 1.29 is 9.53 Å². The molecule has 0 fully saturated rings. The number of allylic oxidation sites excluding steroid dienone is 2. The lowest BCUT2D eigenvalue weighted by Gasteiger charge is -2.25. The van der Waals surface area contributed by atoms with E-state index in [9.17, 15) is 4.79 Å². The summed E-state index contributed by atoms with van der Waals surface area (Å²) in [4.78, 5) is 19.0. The highest BCUT2D eigenvalue weighted by molar-refractivity contribution is 5.89. The topological polar surface area (TPSA) is 47.4 Å². The third-order valence-electron chi connectivity index (χ3n) is 6.56. The Labute approximate surface area is 200 Å². The molecule has 0 saturated heterocycles. The van der Waals surface area contributed by atoms with Crippen LogP contribution < -0.4 is 4.90 Å². The second kappa shape index (κ2) is 9.56. The van der Waals surface area contributed by atoms with E-state index in [1.807, 2.05) is 42.5 Å². The molecule has 0 saturated carbocycles. The highest BCUT2D eigenvalue weighted by Crippen LogP contribution is 2.32. The fourth-order valence-electron chi connectivity index (χ4n) is 4.65. The van der Waals surface area contributed by atoms with Crippen LogP contribution in [0.25, 0.3) is 16.6 Å². The first-order valence-corrected chi connectivity index (χ1v) is 11.8. The Morgan fingerprint density at radius 3 is 2.44 bits per heavy atom. The maximum Gasteiger partial charge on any atom is 0.337 e. The molecule has 5 nitrogen and oxygen atoms in total. The largest absolute Gasteiger partial charge is 0.465 e. The minimum atomic E-state index is -0.327. The molecule has 0 radical (unpaired) electrons. The molecule has 0 unspecified atom stereocenters. The van der Waals surface area contributed by atoms with E-state index in [0.29, 0.717) is 12.1 Å². The Balaban J connectivity index is 1.52. The number of hydrogen-bond donors (Lipinski definition) is 0. The van der Waals surface area contributed by atoms with Crippen molar-refractivity contribution in [1.82, 2.24) is 9.55 Å². The monoisotopic (exact) mass is 451 g/mol. The minimum absolute atomic E-state index is 0.327. The van der Waals surface area contributed by atoms with Crippen LogP contribution >= 0.6 is 0 Å². The number of ether oxygens (including phenoxy) is 1. The van der Waals surface area contributed by atoms with Crippen molar-refractivity contribution in [3.05, 3.63) is 95.6 Å². The molecule has 34 heavy (non-hydrogen) atoms. The van der Waals surface area contributed by atoms with Crippen molar-refractivity contribution in [2.24, 2.45) is 7.05 Å². The summed E-state index contributed by atoms with van der Waals surface area (Å²) in [7, 11) is 3.45. The van der Waals surface area contributed by atoms with Gasteiger partial charge in [-0.15, -0.1) is 0 Å². The number of para-hydroxylation sites is 2. The fraction of sp³-hybridized carbons (Fsp3) is 0.241. The quantitative estimate of drug-likeness (QED) is 0.308. The molecule has 0 N–H and O–H groups in total. The summed E-state index contributed by atoms with van der Waals surface area (Å²) in [5.74, 6) is 0.550. The number of anilines is 2. The van der Waals surface area contributed by atoms with Gasteiger partial charge >= 0.3 is 5.97 Å². The van der Waals surface area contributed by atoms with Crippen molar-refractivity contribution in [3.63, 3.8) is 0 Å². The molecule has 0 atom stereocenters. The molecule has 0 amide bonds. The average molecular weight is 452 g/mol. The van der Waals surface area contributed by atoms with Gasteiger partial charge in [0.2, 0.25) is 5.95 Å². The lowest BCUT2D eigenvalue weighted by Crippen LogP contribution is -2.20. The Bertz CT molecular complexity index is 1330. The Morgan fingerprint density at radius 1 is 1.00 bits per heavy atom. The number of fused-ring (bicyclic) bond motifs is 1. The lowest BCUT2D eigenvalue weighted by molar-refractivity contribution is 0.0600. The summed E-state index contributed by atoms with van der Waals surface area (Å²) in [5.41, 5.74) is 7.52. The molecule has 1 heterocycles. The fourth-order valence-corrected chi connectivity index (χ4v) is 4.65. The van der Waals surface area contributed by atoms with Crippen LogP contribution in [0.3, 0.4) is 0 Å². The van der Waals surface area contributed by atoms with Gasteiger partial charge in [0.25, 0.3) is 0 Å². The summed E-state index contributed by atoms with van der Waals surface area (Å²) in [5, 5.41) is 0. The summed E-state index contributed by atoms with van der Waals surface area (Å²) in [6.45, 7) is 0.626. The number of carbonyl (C=O) groups is 1. The number of methoxy groups -OCH3 is 1. The second-order valence-electron chi connectivity index (χ2n) is 8.76. The van der Waals surface area contributed by atoms with E-state index < -0.39 is 0 Å². The zero-order valence-corrected chi connectivity index (χ0v) is 19.7. The molecule has 172 valence electrons. The van der Waals surface area contributed by atoms with E-state index in [-0.39, 0.29) is 5.97 Å². The SMILES string of the molecule is COC(=O)c1ccc(CN(c2ccc(C3=CCCCC3)cc2)c2nc3ccccc3n2C)cc1. The summed E-state index contributed by atoms with van der Waals surface area (Å²) < 4.78 is 6.97.